The highest BCUT2D eigenvalue weighted by Crippen LogP contribution is 2.31. The van der Waals surface area contributed by atoms with E-state index in [1.807, 2.05) is 24.3 Å². The van der Waals surface area contributed by atoms with Crippen molar-refractivity contribution >= 4 is 23.2 Å². The van der Waals surface area contributed by atoms with Crippen molar-refractivity contribution in [3.8, 4) is 11.5 Å². The number of para-hydroxylation sites is 3. The summed E-state index contributed by atoms with van der Waals surface area (Å²) in [5.74, 6) is -0.363. The van der Waals surface area contributed by atoms with Gasteiger partial charge in [-0.3, -0.25) is 4.79 Å². The summed E-state index contributed by atoms with van der Waals surface area (Å²) in [7, 11) is 0. The third kappa shape index (κ3) is 4.61. The van der Waals surface area contributed by atoms with E-state index in [0.29, 0.717) is 0 Å². The highest BCUT2D eigenvalue weighted by molar-refractivity contribution is 5.87. The summed E-state index contributed by atoms with van der Waals surface area (Å²) in [5, 5.41) is 3.83. The molecule has 0 spiro atoms. The van der Waals surface area contributed by atoms with Gasteiger partial charge < -0.3 is 14.0 Å². The van der Waals surface area contributed by atoms with Crippen LogP contribution in [0.4, 0.5) is 8.78 Å². The predicted molar refractivity (Wildman–Crippen MR) is 99.7 cm³/mol. The Labute approximate surface area is 159 Å². The Morgan fingerprint density at radius 1 is 1.29 bits per heavy atom. The van der Waals surface area contributed by atoms with Crippen LogP contribution in [0, 0.1) is 0 Å². The number of amides is 1. The van der Waals surface area contributed by atoms with Crippen molar-refractivity contribution < 1.29 is 23.0 Å². The molecule has 3 aromatic rings. The number of rotatable bonds is 8. The second kappa shape index (κ2) is 8.94. The van der Waals surface area contributed by atoms with Crippen LogP contribution in [0.2, 0.25) is 0 Å². The monoisotopic (exact) mass is 388 g/mol. The van der Waals surface area contributed by atoms with Gasteiger partial charge in [0.05, 0.1) is 30.2 Å². The third-order valence-corrected chi connectivity index (χ3v) is 3.75. The number of hydrogen-bond donors (Lipinski definition) is 1. The van der Waals surface area contributed by atoms with Crippen LogP contribution < -0.4 is 14.9 Å². The fourth-order valence-corrected chi connectivity index (χ4v) is 2.62. The molecule has 0 aliphatic heterocycles. The largest absolute Gasteiger partial charge is 0.490 e. The molecule has 146 valence electrons. The third-order valence-electron chi connectivity index (χ3n) is 3.75. The van der Waals surface area contributed by atoms with Gasteiger partial charge in [-0.05, 0) is 31.2 Å². The van der Waals surface area contributed by atoms with E-state index in [1.165, 1.54) is 18.3 Å². The van der Waals surface area contributed by atoms with E-state index >= 15 is 0 Å². The first-order chi connectivity index (χ1) is 13.6. The molecule has 0 radical (unpaired) electrons. The molecule has 28 heavy (non-hydrogen) atoms. The molecule has 0 aliphatic carbocycles. The minimum absolute atomic E-state index is 0.0111. The number of hydrogen-bond acceptors (Lipinski definition) is 5. The maximum Gasteiger partial charge on any atom is 0.387 e. The van der Waals surface area contributed by atoms with Crippen molar-refractivity contribution in [1.29, 1.82) is 0 Å². The lowest BCUT2D eigenvalue weighted by Gasteiger charge is -2.13. The molecule has 7 nitrogen and oxygen atoms in total. The van der Waals surface area contributed by atoms with Crippen LogP contribution in [0.15, 0.2) is 53.9 Å². The zero-order chi connectivity index (χ0) is 19.9. The predicted octanol–water partition coefficient (Wildman–Crippen LogP) is 3.19. The van der Waals surface area contributed by atoms with Gasteiger partial charge >= 0.3 is 6.61 Å². The number of halogens is 2. The molecular weight excluding hydrogens is 370 g/mol. The van der Waals surface area contributed by atoms with Crippen LogP contribution in [0.1, 0.15) is 12.5 Å². The summed E-state index contributed by atoms with van der Waals surface area (Å²) < 4.78 is 36.9. The lowest BCUT2D eigenvalue weighted by molar-refractivity contribution is -0.121. The summed E-state index contributed by atoms with van der Waals surface area (Å²) in [6, 6.07) is 12.1. The van der Waals surface area contributed by atoms with Gasteiger partial charge in [0, 0.05) is 5.56 Å². The first-order valence-electron chi connectivity index (χ1n) is 8.51. The molecule has 1 amide bonds. The van der Waals surface area contributed by atoms with Crippen LogP contribution in [-0.4, -0.2) is 34.9 Å². The van der Waals surface area contributed by atoms with E-state index in [2.05, 4.69) is 20.2 Å². The van der Waals surface area contributed by atoms with E-state index < -0.39 is 12.5 Å². The number of nitrogens with one attached hydrogen (secondary N) is 1. The minimum Gasteiger partial charge on any atom is -0.490 e. The van der Waals surface area contributed by atoms with Crippen molar-refractivity contribution in [3.05, 3.63) is 54.4 Å². The van der Waals surface area contributed by atoms with Gasteiger partial charge in [-0.2, -0.15) is 13.9 Å². The summed E-state index contributed by atoms with van der Waals surface area (Å²) in [6.07, 6.45) is 2.79. The van der Waals surface area contributed by atoms with E-state index in [1.54, 1.807) is 23.9 Å². The molecule has 1 N–H and O–H groups in total. The topological polar surface area (TPSA) is 77.7 Å². The van der Waals surface area contributed by atoms with Gasteiger partial charge in [0.2, 0.25) is 0 Å². The molecule has 0 fully saturated rings. The second-order valence-electron chi connectivity index (χ2n) is 5.64. The van der Waals surface area contributed by atoms with Crippen LogP contribution in [0.3, 0.4) is 0 Å². The van der Waals surface area contributed by atoms with Gasteiger partial charge in [-0.25, -0.2) is 10.4 Å². The van der Waals surface area contributed by atoms with Crippen molar-refractivity contribution in [2.24, 2.45) is 5.10 Å². The number of aromatic nitrogens is 2. The number of ether oxygens (including phenoxy) is 2. The van der Waals surface area contributed by atoms with Crippen LogP contribution >= 0.6 is 0 Å². The molecule has 3 rings (SSSR count). The number of carbonyl (C=O) groups excluding carboxylic acids is 1. The van der Waals surface area contributed by atoms with Gasteiger partial charge in [-0.15, -0.1) is 0 Å². The Kier molecular flexibility index (Phi) is 6.15. The Morgan fingerprint density at radius 2 is 2.11 bits per heavy atom. The summed E-state index contributed by atoms with van der Waals surface area (Å²) >= 11 is 0. The number of hydrazone groups is 1. The summed E-state index contributed by atoms with van der Waals surface area (Å²) in [6.45, 7) is -0.988. The molecule has 0 atom stereocenters. The smallest absolute Gasteiger partial charge is 0.387 e. The van der Waals surface area contributed by atoms with Crippen molar-refractivity contribution in [2.45, 2.75) is 20.1 Å². The molecule has 9 heteroatoms. The Hall–Kier alpha value is -3.49. The van der Waals surface area contributed by atoms with Gasteiger partial charge in [-0.1, -0.05) is 18.2 Å². The zero-order valence-corrected chi connectivity index (χ0v) is 15.0. The average molecular weight is 388 g/mol. The fraction of sp³-hybridized carbons (Fsp3) is 0.211. The second-order valence-corrected chi connectivity index (χ2v) is 5.64. The fourth-order valence-electron chi connectivity index (χ4n) is 2.62. The van der Waals surface area contributed by atoms with Gasteiger partial charge in [0.15, 0.2) is 11.5 Å². The lowest BCUT2D eigenvalue weighted by Crippen LogP contribution is -2.22. The van der Waals surface area contributed by atoms with E-state index in [0.717, 1.165) is 11.0 Å². The van der Waals surface area contributed by atoms with Gasteiger partial charge in [0.1, 0.15) is 6.54 Å². The zero-order valence-electron chi connectivity index (χ0n) is 15.0. The average Bonchev–Trinajstić information content (AvgIpc) is 3.07. The highest BCUT2D eigenvalue weighted by atomic mass is 19.3. The number of nitrogens with zero attached hydrogens (tertiary/aromatic N) is 3. The molecule has 1 aromatic heterocycles. The highest BCUT2D eigenvalue weighted by Gasteiger charge is 2.15. The maximum absolute atomic E-state index is 12.7. The summed E-state index contributed by atoms with van der Waals surface area (Å²) in [5.41, 5.74) is 4.21. The first-order valence-corrected chi connectivity index (χ1v) is 8.51. The molecule has 2 aromatic carbocycles. The standard InChI is InChI=1S/C19H18F2N4O3/c1-2-27-16-9-5-6-13(18(16)28-19(20)21)10-23-24-17(26)11-25-12-22-14-7-3-4-8-15(14)25/h3-10,12,19H,2,11H2,1H3,(H,24,26)/b23-10-. The molecule has 0 aliphatic rings. The maximum atomic E-state index is 12.7. The van der Waals surface area contributed by atoms with E-state index in [9.17, 15) is 13.6 Å². The molecular formula is C19H18F2N4O3. The lowest BCUT2D eigenvalue weighted by atomic mass is 10.2. The number of carbonyl (C=O) groups is 1. The molecule has 0 saturated carbocycles. The number of alkyl halides is 2. The van der Waals surface area contributed by atoms with E-state index in [-0.39, 0.29) is 30.2 Å². The number of fused-ring (bicyclic) bond motifs is 1. The van der Waals surface area contributed by atoms with Crippen LogP contribution in [0.5, 0.6) is 11.5 Å². The quantitative estimate of drug-likeness (QED) is 0.475. The molecule has 0 saturated heterocycles. The first kappa shape index (κ1) is 19.3. The molecule has 1 heterocycles. The van der Waals surface area contributed by atoms with E-state index in [4.69, 9.17) is 4.74 Å². The van der Waals surface area contributed by atoms with Crippen molar-refractivity contribution in [3.63, 3.8) is 0 Å². The summed E-state index contributed by atoms with van der Waals surface area (Å²) in [4.78, 5) is 16.3. The van der Waals surface area contributed by atoms with Crippen molar-refractivity contribution in [2.75, 3.05) is 6.61 Å². The Balaban J connectivity index is 1.70. The minimum atomic E-state index is -3.02. The number of imidazole rings is 1. The van der Waals surface area contributed by atoms with Crippen molar-refractivity contribution in [1.82, 2.24) is 15.0 Å². The Bertz CT molecular complexity index is 988. The van der Waals surface area contributed by atoms with Crippen LogP contribution in [0.25, 0.3) is 11.0 Å². The van der Waals surface area contributed by atoms with Gasteiger partial charge in [0.25, 0.3) is 5.91 Å². The SMILES string of the molecule is CCOc1cccc(/C=N\NC(=O)Cn2cnc3ccccc32)c1OC(F)F. The molecule has 0 bridgehead atoms. The normalized spacial score (nSPS) is 11.3. The number of benzene rings is 2. The van der Waals surface area contributed by atoms with Crippen LogP contribution in [-0.2, 0) is 11.3 Å². The molecule has 0 unspecified atom stereocenters. The Morgan fingerprint density at radius 3 is 2.89 bits per heavy atom.